The number of Topliss-reactive ketones (excluding diaryl/α,β-unsaturated/α-hetero) is 1. The first kappa shape index (κ1) is 11.2. The monoisotopic (exact) mass is 232 g/mol. The van der Waals surface area contributed by atoms with E-state index in [-0.39, 0.29) is 17.0 Å². The number of aromatic nitrogens is 2. The Morgan fingerprint density at radius 2 is 2.06 bits per heavy atom. The van der Waals surface area contributed by atoms with Gasteiger partial charge in [-0.05, 0) is 12.1 Å². The Kier molecular flexibility index (Phi) is 2.82. The summed E-state index contributed by atoms with van der Waals surface area (Å²) in [4.78, 5) is 22.9. The number of methoxy groups -OCH3 is 1. The largest absolute Gasteiger partial charge is 0.494 e. The van der Waals surface area contributed by atoms with Gasteiger partial charge in [-0.25, -0.2) is 4.68 Å². The molecule has 0 bridgehead atoms. The molecule has 0 fully saturated rings. The SMILES string of the molecule is COc1ccccc1-n1[nH]c(C(C)=O)cc1=O. The number of ketones is 1. The van der Waals surface area contributed by atoms with Crippen molar-refractivity contribution in [2.24, 2.45) is 0 Å². The number of carbonyl (C=O) groups excluding carboxylic acids is 1. The maximum absolute atomic E-state index is 11.7. The molecular formula is C12H12N2O3. The number of hydrogen-bond acceptors (Lipinski definition) is 3. The van der Waals surface area contributed by atoms with Crippen molar-refractivity contribution < 1.29 is 9.53 Å². The molecule has 0 atom stereocenters. The molecule has 1 aromatic carbocycles. The minimum absolute atomic E-state index is 0.184. The van der Waals surface area contributed by atoms with Crippen molar-refractivity contribution in [1.82, 2.24) is 9.78 Å². The van der Waals surface area contributed by atoms with Gasteiger partial charge in [-0.15, -0.1) is 0 Å². The average molecular weight is 232 g/mol. The van der Waals surface area contributed by atoms with Crippen molar-refractivity contribution in [2.75, 3.05) is 7.11 Å². The van der Waals surface area contributed by atoms with E-state index in [0.29, 0.717) is 11.4 Å². The van der Waals surface area contributed by atoms with Gasteiger partial charge in [0.1, 0.15) is 17.1 Å². The first-order valence-electron chi connectivity index (χ1n) is 5.10. The maximum Gasteiger partial charge on any atom is 0.272 e. The lowest BCUT2D eigenvalue weighted by Gasteiger charge is -2.07. The number of ether oxygens (including phenoxy) is 1. The molecule has 0 unspecified atom stereocenters. The summed E-state index contributed by atoms with van der Waals surface area (Å²) in [5, 5.41) is 2.75. The molecule has 0 aliphatic heterocycles. The number of carbonyl (C=O) groups is 1. The summed E-state index contributed by atoms with van der Waals surface area (Å²) >= 11 is 0. The van der Waals surface area contributed by atoms with E-state index < -0.39 is 0 Å². The van der Waals surface area contributed by atoms with Crippen molar-refractivity contribution in [3.05, 3.63) is 46.4 Å². The zero-order chi connectivity index (χ0) is 12.4. The van der Waals surface area contributed by atoms with E-state index in [1.807, 2.05) is 6.07 Å². The smallest absolute Gasteiger partial charge is 0.272 e. The summed E-state index contributed by atoms with van der Waals surface area (Å²) in [5.41, 5.74) is 0.563. The highest BCUT2D eigenvalue weighted by Gasteiger charge is 2.11. The number of aromatic amines is 1. The van der Waals surface area contributed by atoms with Crippen molar-refractivity contribution >= 4 is 5.78 Å². The van der Waals surface area contributed by atoms with Crippen LogP contribution in [0.3, 0.4) is 0 Å². The van der Waals surface area contributed by atoms with Gasteiger partial charge in [0.05, 0.1) is 7.11 Å². The summed E-state index contributed by atoms with van der Waals surface area (Å²) in [7, 11) is 1.53. The predicted molar refractivity (Wildman–Crippen MR) is 62.9 cm³/mol. The van der Waals surface area contributed by atoms with Crippen LogP contribution in [0.5, 0.6) is 5.75 Å². The first-order valence-corrected chi connectivity index (χ1v) is 5.10. The summed E-state index contributed by atoms with van der Waals surface area (Å²) in [6.07, 6.45) is 0. The second-order valence-corrected chi connectivity index (χ2v) is 3.57. The molecule has 2 rings (SSSR count). The summed E-state index contributed by atoms with van der Waals surface area (Å²) in [6.45, 7) is 1.40. The molecule has 1 heterocycles. The van der Waals surface area contributed by atoms with E-state index in [2.05, 4.69) is 5.10 Å². The molecule has 0 aliphatic rings. The third-order valence-electron chi connectivity index (χ3n) is 2.43. The van der Waals surface area contributed by atoms with Gasteiger partial charge in [-0.2, -0.15) is 0 Å². The number of nitrogens with one attached hydrogen (secondary N) is 1. The van der Waals surface area contributed by atoms with Gasteiger partial charge >= 0.3 is 0 Å². The lowest BCUT2D eigenvalue weighted by Crippen LogP contribution is -2.14. The molecule has 0 radical (unpaired) electrons. The van der Waals surface area contributed by atoms with E-state index >= 15 is 0 Å². The molecule has 0 aliphatic carbocycles. The predicted octanol–water partition coefficient (Wildman–Crippen LogP) is 1.38. The second-order valence-electron chi connectivity index (χ2n) is 3.57. The zero-order valence-electron chi connectivity index (χ0n) is 9.56. The fourth-order valence-electron chi connectivity index (χ4n) is 1.57. The third-order valence-corrected chi connectivity index (χ3v) is 2.43. The Balaban J connectivity index is 2.60. The number of H-pyrrole nitrogens is 1. The van der Waals surface area contributed by atoms with E-state index in [1.165, 1.54) is 24.8 Å². The Hall–Kier alpha value is -2.30. The lowest BCUT2D eigenvalue weighted by molar-refractivity contribution is 0.101. The third kappa shape index (κ3) is 1.99. The Morgan fingerprint density at radius 3 is 2.65 bits per heavy atom. The van der Waals surface area contributed by atoms with Gasteiger partial charge in [0, 0.05) is 13.0 Å². The highest BCUT2D eigenvalue weighted by atomic mass is 16.5. The van der Waals surface area contributed by atoms with Crippen LogP contribution in [0.2, 0.25) is 0 Å². The standard InChI is InChI=1S/C12H12N2O3/c1-8(15)9-7-12(16)14(13-9)10-5-3-4-6-11(10)17-2/h3-7,13H,1-2H3. The van der Waals surface area contributed by atoms with Gasteiger partial charge in [0.15, 0.2) is 5.78 Å². The van der Waals surface area contributed by atoms with Gasteiger partial charge in [-0.1, -0.05) is 12.1 Å². The van der Waals surface area contributed by atoms with Crippen LogP contribution in [0, 0.1) is 0 Å². The number of para-hydroxylation sites is 2. The quantitative estimate of drug-likeness (QED) is 0.813. The molecule has 5 nitrogen and oxygen atoms in total. The van der Waals surface area contributed by atoms with Crippen LogP contribution >= 0.6 is 0 Å². The van der Waals surface area contributed by atoms with Gasteiger partial charge in [0.25, 0.3) is 5.56 Å². The van der Waals surface area contributed by atoms with Crippen LogP contribution in [-0.2, 0) is 0 Å². The minimum Gasteiger partial charge on any atom is -0.494 e. The lowest BCUT2D eigenvalue weighted by atomic mass is 10.3. The summed E-state index contributed by atoms with van der Waals surface area (Å²) in [5.74, 6) is 0.377. The second kappa shape index (κ2) is 4.29. The average Bonchev–Trinajstić information content (AvgIpc) is 2.71. The highest BCUT2D eigenvalue weighted by molar-refractivity contribution is 5.91. The van der Waals surface area contributed by atoms with Crippen molar-refractivity contribution in [2.45, 2.75) is 6.92 Å². The molecule has 0 saturated carbocycles. The van der Waals surface area contributed by atoms with Gasteiger partial charge in [-0.3, -0.25) is 14.7 Å². The van der Waals surface area contributed by atoms with Gasteiger partial charge in [0.2, 0.25) is 0 Å². The molecule has 1 aromatic heterocycles. The molecule has 2 aromatic rings. The van der Waals surface area contributed by atoms with Crippen LogP contribution in [0.25, 0.3) is 5.69 Å². The normalized spacial score (nSPS) is 10.2. The van der Waals surface area contributed by atoms with Crippen LogP contribution in [0.1, 0.15) is 17.4 Å². The highest BCUT2D eigenvalue weighted by Crippen LogP contribution is 2.19. The first-order chi connectivity index (χ1) is 8.13. The van der Waals surface area contributed by atoms with E-state index in [9.17, 15) is 9.59 Å². The summed E-state index contributed by atoms with van der Waals surface area (Å²) < 4.78 is 6.45. The minimum atomic E-state index is -0.292. The molecule has 0 spiro atoms. The molecule has 88 valence electrons. The van der Waals surface area contributed by atoms with E-state index in [0.717, 1.165) is 0 Å². The van der Waals surface area contributed by atoms with Crippen molar-refractivity contribution in [3.8, 4) is 11.4 Å². The molecule has 5 heteroatoms. The maximum atomic E-state index is 11.7. The van der Waals surface area contributed by atoms with E-state index in [1.54, 1.807) is 18.2 Å². The fourth-order valence-corrected chi connectivity index (χ4v) is 1.57. The van der Waals surface area contributed by atoms with Crippen molar-refractivity contribution in [1.29, 1.82) is 0 Å². The molecule has 17 heavy (non-hydrogen) atoms. The Labute approximate surface area is 97.6 Å². The van der Waals surface area contributed by atoms with Crippen LogP contribution < -0.4 is 10.3 Å². The molecule has 0 amide bonds. The molecule has 0 saturated heterocycles. The molecule has 1 N–H and O–H groups in total. The topological polar surface area (TPSA) is 64.1 Å². The number of benzene rings is 1. The zero-order valence-corrected chi connectivity index (χ0v) is 9.56. The molecular weight excluding hydrogens is 220 g/mol. The van der Waals surface area contributed by atoms with Crippen LogP contribution in [-0.4, -0.2) is 22.7 Å². The number of rotatable bonds is 3. The number of nitrogens with zero attached hydrogens (tertiary/aromatic N) is 1. The van der Waals surface area contributed by atoms with Crippen LogP contribution in [0.4, 0.5) is 0 Å². The number of hydrogen-bond donors (Lipinski definition) is 1. The Morgan fingerprint density at radius 1 is 1.35 bits per heavy atom. The van der Waals surface area contributed by atoms with E-state index in [4.69, 9.17) is 4.74 Å². The summed E-state index contributed by atoms with van der Waals surface area (Å²) in [6, 6.07) is 8.35. The van der Waals surface area contributed by atoms with Crippen LogP contribution in [0.15, 0.2) is 35.1 Å². The fraction of sp³-hybridized carbons (Fsp3) is 0.167. The Bertz CT molecular complexity index is 610. The van der Waals surface area contributed by atoms with Crippen molar-refractivity contribution in [3.63, 3.8) is 0 Å². The van der Waals surface area contributed by atoms with Gasteiger partial charge < -0.3 is 4.74 Å².